The molecule has 0 radical (unpaired) electrons. The molecule has 7 heteroatoms. The van der Waals surface area contributed by atoms with E-state index in [4.69, 9.17) is 4.74 Å². The zero-order valence-electron chi connectivity index (χ0n) is 15.5. The minimum atomic E-state index is -0.506. The number of amides is 2. The standard InChI is InChI=1S/C19H28N2O4S/c1-14(2)13-15(19(24)21-8-10-25-11-9-21)20-18(23)7-3-5-16(22)17-6-4-12-26-17/h4,6,12,14-15H,3,5,7-11,13H2,1-2H3,(H,20,23)/t15-/m0/s1. The van der Waals surface area contributed by atoms with Crippen LogP contribution in [0.25, 0.3) is 0 Å². The van der Waals surface area contributed by atoms with Crippen LogP contribution in [0.1, 0.15) is 49.2 Å². The van der Waals surface area contributed by atoms with Gasteiger partial charge >= 0.3 is 0 Å². The third-order valence-corrected chi connectivity index (χ3v) is 5.18. The number of nitrogens with zero attached hydrogens (tertiary/aromatic N) is 1. The second-order valence-electron chi connectivity index (χ2n) is 6.94. The second-order valence-corrected chi connectivity index (χ2v) is 7.89. The van der Waals surface area contributed by atoms with E-state index in [1.165, 1.54) is 11.3 Å². The van der Waals surface area contributed by atoms with Crippen LogP contribution >= 0.6 is 11.3 Å². The van der Waals surface area contributed by atoms with Crippen molar-refractivity contribution in [2.45, 2.75) is 45.6 Å². The molecule has 2 rings (SSSR count). The van der Waals surface area contributed by atoms with Crippen molar-refractivity contribution in [2.75, 3.05) is 26.3 Å². The molecule has 1 aliphatic rings. The van der Waals surface area contributed by atoms with Crippen LogP contribution < -0.4 is 5.32 Å². The van der Waals surface area contributed by atoms with Crippen LogP contribution in [0.3, 0.4) is 0 Å². The fourth-order valence-electron chi connectivity index (χ4n) is 2.93. The van der Waals surface area contributed by atoms with Crippen molar-refractivity contribution >= 4 is 28.9 Å². The fraction of sp³-hybridized carbons (Fsp3) is 0.632. The first-order chi connectivity index (χ1) is 12.5. The molecule has 1 aromatic heterocycles. The summed E-state index contributed by atoms with van der Waals surface area (Å²) in [6, 6.07) is 3.14. The van der Waals surface area contributed by atoms with Crippen LogP contribution in [0.5, 0.6) is 0 Å². The SMILES string of the molecule is CC(C)C[C@H](NC(=O)CCCC(=O)c1cccs1)C(=O)N1CCOCC1. The number of hydrogen-bond donors (Lipinski definition) is 1. The molecule has 144 valence electrons. The van der Waals surface area contributed by atoms with Gasteiger partial charge in [-0.15, -0.1) is 11.3 Å². The van der Waals surface area contributed by atoms with Gasteiger partial charge in [0.15, 0.2) is 5.78 Å². The van der Waals surface area contributed by atoms with Gasteiger partial charge in [-0.05, 0) is 30.2 Å². The van der Waals surface area contributed by atoms with E-state index in [2.05, 4.69) is 5.32 Å². The molecule has 6 nitrogen and oxygen atoms in total. The van der Waals surface area contributed by atoms with Gasteiger partial charge in [0.2, 0.25) is 11.8 Å². The van der Waals surface area contributed by atoms with E-state index in [9.17, 15) is 14.4 Å². The maximum absolute atomic E-state index is 12.7. The van der Waals surface area contributed by atoms with Gasteiger partial charge in [-0.2, -0.15) is 0 Å². The van der Waals surface area contributed by atoms with E-state index in [0.29, 0.717) is 51.5 Å². The summed E-state index contributed by atoms with van der Waals surface area (Å²) in [7, 11) is 0. The van der Waals surface area contributed by atoms with Crippen molar-refractivity contribution in [3.05, 3.63) is 22.4 Å². The highest BCUT2D eigenvalue weighted by Gasteiger charge is 2.27. The summed E-state index contributed by atoms with van der Waals surface area (Å²) in [5.74, 6) is 0.155. The van der Waals surface area contributed by atoms with E-state index < -0.39 is 6.04 Å². The van der Waals surface area contributed by atoms with Gasteiger partial charge in [0.25, 0.3) is 0 Å². The Bertz CT molecular complexity index is 595. The topological polar surface area (TPSA) is 75.7 Å². The first-order valence-corrected chi connectivity index (χ1v) is 10.1. The molecule has 0 bridgehead atoms. The molecule has 1 atom stereocenters. The lowest BCUT2D eigenvalue weighted by atomic mass is 10.0. The highest BCUT2D eigenvalue weighted by atomic mass is 32.1. The Balaban J connectivity index is 1.81. The molecular weight excluding hydrogens is 352 g/mol. The van der Waals surface area contributed by atoms with Gasteiger partial charge in [0.1, 0.15) is 6.04 Å². The summed E-state index contributed by atoms with van der Waals surface area (Å²) < 4.78 is 5.29. The number of thiophene rings is 1. The largest absolute Gasteiger partial charge is 0.378 e. The molecule has 1 fully saturated rings. The zero-order chi connectivity index (χ0) is 18.9. The van der Waals surface area contributed by atoms with E-state index in [1.54, 1.807) is 11.0 Å². The van der Waals surface area contributed by atoms with Crippen molar-refractivity contribution in [2.24, 2.45) is 5.92 Å². The van der Waals surface area contributed by atoms with E-state index >= 15 is 0 Å². The minimum absolute atomic E-state index is 0.0370. The second kappa shape index (κ2) is 10.4. The third-order valence-electron chi connectivity index (χ3n) is 4.27. The van der Waals surface area contributed by atoms with Crippen LogP contribution in [0.2, 0.25) is 0 Å². The number of ether oxygens (including phenoxy) is 1. The summed E-state index contributed by atoms with van der Waals surface area (Å²) in [5, 5.41) is 4.74. The minimum Gasteiger partial charge on any atom is -0.378 e. The molecular formula is C19H28N2O4S. The number of Topliss-reactive ketones (excluding diaryl/α,β-unsaturated/α-hetero) is 1. The lowest BCUT2D eigenvalue weighted by Gasteiger charge is -2.31. The van der Waals surface area contributed by atoms with Crippen LogP contribution in [-0.2, 0) is 14.3 Å². The monoisotopic (exact) mass is 380 g/mol. The van der Waals surface area contributed by atoms with Crippen molar-refractivity contribution in [3.63, 3.8) is 0 Å². The van der Waals surface area contributed by atoms with E-state index in [-0.39, 0.29) is 24.0 Å². The Labute approximate surface area is 158 Å². The summed E-state index contributed by atoms with van der Waals surface area (Å²) in [5.41, 5.74) is 0. The molecule has 0 aliphatic carbocycles. The fourth-order valence-corrected chi connectivity index (χ4v) is 3.63. The van der Waals surface area contributed by atoms with Gasteiger partial charge in [0.05, 0.1) is 18.1 Å². The average molecular weight is 381 g/mol. The van der Waals surface area contributed by atoms with Gasteiger partial charge in [-0.25, -0.2) is 0 Å². The first kappa shape index (κ1) is 20.6. The van der Waals surface area contributed by atoms with Crippen LogP contribution in [0.15, 0.2) is 17.5 Å². The van der Waals surface area contributed by atoms with Gasteiger partial charge in [-0.3, -0.25) is 14.4 Å². The lowest BCUT2D eigenvalue weighted by molar-refractivity contribution is -0.140. The molecule has 2 heterocycles. The zero-order valence-corrected chi connectivity index (χ0v) is 16.3. The van der Waals surface area contributed by atoms with Crippen molar-refractivity contribution in [3.8, 4) is 0 Å². The van der Waals surface area contributed by atoms with Gasteiger partial charge < -0.3 is 15.0 Å². The smallest absolute Gasteiger partial charge is 0.245 e. The van der Waals surface area contributed by atoms with Crippen LogP contribution in [0, 0.1) is 5.92 Å². The molecule has 1 aliphatic heterocycles. The number of carbonyl (C=O) groups excluding carboxylic acids is 3. The summed E-state index contributed by atoms with van der Waals surface area (Å²) in [6.45, 7) is 6.28. The molecule has 1 saturated heterocycles. The third kappa shape index (κ3) is 6.53. The number of ketones is 1. The number of morpholine rings is 1. The number of rotatable bonds is 9. The Morgan fingerprint density at radius 3 is 2.58 bits per heavy atom. The van der Waals surface area contributed by atoms with Gasteiger partial charge in [-0.1, -0.05) is 19.9 Å². The lowest BCUT2D eigenvalue weighted by Crippen LogP contribution is -2.52. The highest BCUT2D eigenvalue weighted by molar-refractivity contribution is 7.12. The molecule has 0 spiro atoms. The molecule has 2 amide bonds. The molecule has 0 unspecified atom stereocenters. The molecule has 0 saturated carbocycles. The first-order valence-electron chi connectivity index (χ1n) is 9.20. The molecule has 26 heavy (non-hydrogen) atoms. The normalized spacial score (nSPS) is 15.7. The quantitative estimate of drug-likeness (QED) is 0.668. The predicted octanol–water partition coefficient (Wildman–Crippen LogP) is 2.49. The van der Waals surface area contributed by atoms with Crippen LogP contribution in [-0.4, -0.2) is 54.8 Å². The highest BCUT2D eigenvalue weighted by Crippen LogP contribution is 2.14. The predicted molar refractivity (Wildman–Crippen MR) is 101 cm³/mol. The number of nitrogens with one attached hydrogen (secondary N) is 1. The molecule has 0 aromatic carbocycles. The Morgan fingerprint density at radius 2 is 1.96 bits per heavy atom. The van der Waals surface area contributed by atoms with Crippen molar-refractivity contribution in [1.29, 1.82) is 0 Å². The average Bonchev–Trinajstić information content (AvgIpc) is 3.15. The van der Waals surface area contributed by atoms with Gasteiger partial charge in [0, 0.05) is 25.9 Å². The summed E-state index contributed by atoms with van der Waals surface area (Å²) >= 11 is 1.42. The van der Waals surface area contributed by atoms with E-state index in [1.807, 2.05) is 25.3 Å². The summed E-state index contributed by atoms with van der Waals surface area (Å²) in [6.07, 6.45) is 1.70. The Morgan fingerprint density at radius 1 is 1.23 bits per heavy atom. The van der Waals surface area contributed by atoms with Crippen molar-refractivity contribution in [1.82, 2.24) is 10.2 Å². The van der Waals surface area contributed by atoms with Crippen LogP contribution in [0.4, 0.5) is 0 Å². The Kier molecular flexibility index (Phi) is 8.25. The maximum atomic E-state index is 12.7. The van der Waals surface area contributed by atoms with E-state index in [0.717, 1.165) is 4.88 Å². The number of carbonyl (C=O) groups is 3. The van der Waals surface area contributed by atoms with Crippen molar-refractivity contribution < 1.29 is 19.1 Å². The molecule has 1 N–H and O–H groups in total. The Hall–Kier alpha value is -1.73. The number of hydrogen-bond acceptors (Lipinski definition) is 5. The maximum Gasteiger partial charge on any atom is 0.245 e. The molecule has 1 aromatic rings. The summed E-state index contributed by atoms with van der Waals surface area (Å²) in [4.78, 5) is 39.4.